The van der Waals surface area contributed by atoms with Gasteiger partial charge in [-0.2, -0.15) is 0 Å². The minimum absolute atomic E-state index is 0.0451. The van der Waals surface area contributed by atoms with E-state index in [-0.39, 0.29) is 11.7 Å². The number of aliphatic carboxylic acids is 1. The summed E-state index contributed by atoms with van der Waals surface area (Å²) in [5.41, 5.74) is 0. The highest BCUT2D eigenvalue weighted by Crippen LogP contribution is 2.24. The standard InChI is InChI=1S/C10H16N4O4S2/c1-18-5-4-11-7(15)2-3-12-9-13-14-10(20-9)19-6-8(16)17/h2-6H2,1H3,(H,11,15)(H,12,13)(H,16,17). The Hall–Kier alpha value is -1.39. The van der Waals surface area contributed by atoms with E-state index in [9.17, 15) is 9.59 Å². The maximum Gasteiger partial charge on any atom is 0.313 e. The molecule has 0 spiro atoms. The molecule has 112 valence electrons. The van der Waals surface area contributed by atoms with Gasteiger partial charge in [-0.05, 0) is 0 Å². The molecule has 0 atom stereocenters. The fourth-order valence-electron chi connectivity index (χ4n) is 1.13. The van der Waals surface area contributed by atoms with Crippen molar-refractivity contribution in [1.82, 2.24) is 15.5 Å². The van der Waals surface area contributed by atoms with Crippen LogP contribution in [-0.2, 0) is 14.3 Å². The normalized spacial score (nSPS) is 10.2. The van der Waals surface area contributed by atoms with E-state index in [1.165, 1.54) is 11.3 Å². The van der Waals surface area contributed by atoms with Crippen LogP contribution in [-0.4, -0.2) is 59.7 Å². The molecule has 0 aliphatic carbocycles. The second kappa shape index (κ2) is 9.50. The van der Waals surface area contributed by atoms with Crippen LogP contribution < -0.4 is 10.6 Å². The summed E-state index contributed by atoms with van der Waals surface area (Å²) in [7, 11) is 1.57. The molecule has 0 unspecified atom stereocenters. The van der Waals surface area contributed by atoms with E-state index in [1.807, 2.05) is 0 Å². The van der Waals surface area contributed by atoms with E-state index < -0.39 is 5.97 Å². The summed E-state index contributed by atoms with van der Waals surface area (Å²) in [4.78, 5) is 21.8. The third-order valence-corrected chi connectivity index (χ3v) is 3.98. The Morgan fingerprint density at radius 1 is 1.40 bits per heavy atom. The summed E-state index contributed by atoms with van der Waals surface area (Å²) < 4.78 is 5.40. The molecule has 0 aliphatic rings. The Balaban J connectivity index is 2.18. The Kier molecular flexibility index (Phi) is 7.92. The van der Waals surface area contributed by atoms with Crippen LogP contribution in [0.15, 0.2) is 4.34 Å². The monoisotopic (exact) mass is 320 g/mol. The number of carbonyl (C=O) groups excluding carboxylic acids is 1. The highest BCUT2D eigenvalue weighted by molar-refractivity contribution is 8.01. The van der Waals surface area contributed by atoms with Crippen molar-refractivity contribution < 1.29 is 19.4 Å². The fourth-order valence-corrected chi connectivity index (χ4v) is 2.62. The molecule has 0 saturated heterocycles. The Bertz CT molecular complexity index is 441. The smallest absolute Gasteiger partial charge is 0.313 e. The highest BCUT2D eigenvalue weighted by atomic mass is 32.2. The molecule has 1 amide bonds. The zero-order chi connectivity index (χ0) is 14.8. The zero-order valence-electron chi connectivity index (χ0n) is 10.9. The van der Waals surface area contributed by atoms with Crippen LogP contribution in [0.2, 0.25) is 0 Å². The number of anilines is 1. The first-order valence-electron chi connectivity index (χ1n) is 5.79. The topological polar surface area (TPSA) is 113 Å². The van der Waals surface area contributed by atoms with Crippen LogP contribution in [0.3, 0.4) is 0 Å². The minimum atomic E-state index is -0.896. The fraction of sp³-hybridized carbons (Fsp3) is 0.600. The largest absolute Gasteiger partial charge is 0.481 e. The molecule has 1 heterocycles. The third-order valence-electron chi connectivity index (χ3n) is 1.98. The summed E-state index contributed by atoms with van der Waals surface area (Å²) in [5, 5.41) is 22.5. The molecule has 20 heavy (non-hydrogen) atoms. The quantitative estimate of drug-likeness (QED) is 0.416. The minimum Gasteiger partial charge on any atom is -0.481 e. The number of methoxy groups -OCH3 is 1. The van der Waals surface area contributed by atoms with Crippen LogP contribution in [0, 0.1) is 0 Å². The number of rotatable bonds is 10. The van der Waals surface area contributed by atoms with Crippen molar-refractivity contribution in [3.8, 4) is 0 Å². The molecule has 0 aliphatic heterocycles. The summed E-state index contributed by atoms with van der Waals surface area (Å²) in [5.74, 6) is -1.01. The van der Waals surface area contributed by atoms with E-state index in [4.69, 9.17) is 9.84 Å². The van der Waals surface area contributed by atoms with Gasteiger partial charge in [0.2, 0.25) is 11.0 Å². The zero-order valence-corrected chi connectivity index (χ0v) is 12.6. The molecular weight excluding hydrogens is 304 g/mol. The first kappa shape index (κ1) is 16.7. The number of carboxylic acid groups (broad SMARTS) is 1. The maximum absolute atomic E-state index is 11.4. The van der Waals surface area contributed by atoms with Crippen molar-refractivity contribution in [1.29, 1.82) is 0 Å². The first-order valence-corrected chi connectivity index (χ1v) is 7.59. The van der Waals surface area contributed by atoms with Gasteiger partial charge in [0, 0.05) is 26.6 Å². The van der Waals surface area contributed by atoms with Crippen molar-refractivity contribution in [3.05, 3.63) is 0 Å². The van der Waals surface area contributed by atoms with Crippen LogP contribution in [0.25, 0.3) is 0 Å². The van der Waals surface area contributed by atoms with Gasteiger partial charge >= 0.3 is 5.97 Å². The lowest BCUT2D eigenvalue weighted by molar-refractivity contribution is -0.134. The van der Waals surface area contributed by atoms with Gasteiger partial charge in [-0.3, -0.25) is 9.59 Å². The predicted molar refractivity (Wildman–Crippen MR) is 76.3 cm³/mol. The van der Waals surface area contributed by atoms with Crippen LogP contribution >= 0.6 is 23.1 Å². The molecule has 0 radical (unpaired) electrons. The molecule has 0 aromatic carbocycles. The van der Waals surface area contributed by atoms with Crippen LogP contribution in [0.1, 0.15) is 6.42 Å². The summed E-state index contributed by atoms with van der Waals surface area (Å²) in [6.45, 7) is 1.42. The Morgan fingerprint density at radius 2 is 2.20 bits per heavy atom. The lowest BCUT2D eigenvalue weighted by Gasteiger charge is -2.04. The van der Waals surface area contributed by atoms with E-state index in [1.54, 1.807) is 7.11 Å². The SMILES string of the molecule is COCCNC(=O)CCNc1nnc(SCC(=O)O)s1. The number of thioether (sulfide) groups is 1. The number of hydrogen-bond acceptors (Lipinski definition) is 8. The molecule has 8 nitrogen and oxygen atoms in total. The number of ether oxygens (including phenoxy) is 1. The maximum atomic E-state index is 11.4. The van der Waals surface area contributed by atoms with E-state index in [2.05, 4.69) is 20.8 Å². The van der Waals surface area contributed by atoms with Gasteiger partial charge in [-0.25, -0.2) is 0 Å². The molecule has 0 bridgehead atoms. The van der Waals surface area contributed by atoms with Crippen molar-refractivity contribution in [2.75, 3.05) is 37.9 Å². The van der Waals surface area contributed by atoms with E-state index >= 15 is 0 Å². The number of carboxylic acids is 1. The lowest BCUT2D eigenvalue weighted by atomic mass is 10.4. The second-order valence-corrected chi connectivity index (χ2v) is 5.78. The number of amides is 1. The lowest BCUT2D eigenvalue weighted by Crippen LogP contribution is -2.28. The van der Waals surface area contributed by atoms with Crippen LogP contribution in [0.5, 0.6) is 0 Å². The first-order chi connectivity index (χ1) is 9.61. The number of nitrogens with one attached hydrogen (secondary N) is 2. The van der Waals surface area contributed by atoms with Gasteiger partial charge in [-0.15, -0.1) is 10.2 Å². The van der Waals surface area contributed by atoms with Gasteiger partial charge in [0.15, 0.2) is 4.34 Å². The second-order valence-electron chi connectivity index (χ2n) is 3.58. The van der Waals surface area contributed by atoms with Gasteiger partial charge in [0.1, 0.15) is 0 Å². The summed E-state index contributed by atoms with van der Waals surface area (Å²) >= 11 is 2.38. The van der Waals surface area contributed by atoms with Gasteiger partial charge in [-0.1, -0.05) is 23.1 Å². The van der Waals surface area contributed by atoms with Crippen molar-refractivity contribution >= 4 is 40.1 Å². The summed E-state index contributed by atoms with van der Waals surface area (Å²) in [6, 6.07) is 0. The van der Waals surface area contributed by atoms with Crippen molar-refractivity contribution in [3.63, 3.8) is 0 Å². The average Bonchev–Trinajstić information content (AvgIpc) is 2.85. The average molecular weight is 320 g/mol. The molecule has 3 N–H and O–H groups in total. The molecule has 0 saturated carbocycles. The number of nitrogens with zero attached hydrogens (tertiary/aromatic N) is 2. The van der Waals surface area contributed by atoms with E-state index in [0.29, 0.717) is 35.6 Å². The van der Waals surface area contributed by atoms with Gasteiger partial charge in [0.05, 0.1) is 12.4 Å². The molecule has 1 aromatic rings. The van der Waals surface area contributed by atoms with Crippen LogP contribution in [0.4, 0.5) is 5.13 Å². The number of hydrogen-bond donors (Lipinski definition) is 3. The number of carbonyl (C=O) groups is 2. The molecule has 10 heteroatoms. The third kappa shape index (κ3) is 7.26. The predicted octanol–water partition coefficient (Wildman–Crippen LogP) is 0.279. The molecule has 1 rings (SSSR count). The van der Waals surface area contributed by atoms with Crippen molar-refractivity contribution in [2.24, 2.45) is 0 Å². The van der Waals surface area contributed by atoms with Gasteiger partial charge < -0.3 is 20.5 Å². The molecular formula is C10H16N4O4S2. The highest BCUT2D eigenvalue weighted by Gasteiger charge is 2.07. The van der Waals surface area contributed by atoms with Crippen molar-refractivity contribution in [2.45, 2.75) is 10.8 Å². The van der Waals surface area contributed by atoms with Gasteiger partial charge in [0.25, 0.3) is 0 Å². The molecule has 1 aromatic heterocycles. The molecule has 0 fully saturated rings. The Labute approximate surface area is 124 Å². The Morgan fingerprint density at radius 3 is 2.90 bits per heavy atom. The number of aromatic nitrogens is 2. The summed E-state index contributed by atoms with van der Waals surface area (Å²) in [6.07, 6.45) is 0.320. The van der Waals surface area contributed by atoms with E-state index in [0.717, 1.165) is 11.8 Å².